The van der Waals surface area contributed by atoms with Crippen molar-refractivity contribution in [2.45, 2.75) is 65.2 Å². The minimum Gasteiger partial charge on any atom is -0.135 e. The summed E-state index contributed by atoms with van der Waals surface area (Å²) in [6, 6.07) is 13.8. The third-order valence-corrected chi connectivity index (χ3v) is 6.16. The van der Waals surface area contributed by atoms with Crippen molar-refractivity contribution in [3.8, 4) is 0 Å². The summed E-state index contributed by atoms with van der Waals surface area (Å²) in [5.74, 6) is 0. The number of hydrogen-bond acceptors (Lipinski definition) is 1. The zero-order valence-electron chi connectivity index (χ0n) is 14.5. The van der Waals surface area contributed by atoms with E-state index in [0.717, 1.165) is 0 Å². The van der Waals surface area contributed by atoms with Gasteiger partial charge in [-0.3, -0.25) is 0 Å². The van der Waals surface area contributed by atoms with Gasteiger partial charge in [0.1, 0.15) is 0 Å². The maximum atomic E-state index is 2.34. The van der Waals surface area contributed by atoms with Crippen LogP contribution in [-0.2, 0) is 12.8 Å². The highest BCUT2D eigenvalue weighted by atomic mass is 32.1. The molecule has 1 aromatic heterocycles. The highest BCUT2D eigenvalue weighted by molar-refractivity contribution is 7.26. The molecular weight excluding hydrogens is 296 g/mol. The number of hydrogen-bond donors (Lipinski definition) is 0. The largest absolute Gasteiger partial charge is 0.135 e. The molecule has 0 unspecified atom stereocenters. The van der Waals surface area contributed by atoms with Crippen LogP contribution < -0.4 is 0 Å². The topological polar surface area (TPSA) is 0 Å². The Morgan fingerprint density at radius 2 is 1.13 bits per heavy atom. The summed E-state index contributed by atoms with van der Waals surface area (Å²) in [7, 11) is 0. The Hall–Kier alpha value is -1.34. The monoisotopic (exact) mass is 324 g/mol. The first-order valence-electron chi connectivity index (χ1n) is 9.27. The molecule has 0 amide bonds. The van der Waals surface area contributed by atoms with Crippen molar-refractivity contribution in [1.29, 1.82) is 0 Å². The van der Waals surface area contributed by atoms with E-state index in [1.165, 1.54) is 71.5 Å². The van der Waals surface area contributed by atoms with Gasteiger partial charge in [-0.2, -0.15) is 0 Å². The molecule has 1 heteroatoms. The zero-order valence-corrected chi connectivity index (χ0v) is 15.3. The average Bonchev–Trinajstić information content (AvgIpc) is 2.96. The fourth-order valence-electron chi connectivity index (χ4n) is 3.46. The van der Waals surface area contributed by atoms with Crippen LogP contribution >= 0.6 is 11.3 Å². The summed E-state index contributed by atoms with van der Waals surface area (Å²) in [5, 5.41) is 2.94. The van der Waals surface area contributed by atoms with Gasteiger partial charge in [0.05, 0.1) is 0 Å². The van der Waals surface area contributed by atoms with Crippen molar-refractivity contribution >= 4 is 31.5 Å². The van der Waals surface area contributed by atoms with Crippen molar-refractivity contribution < 1.29 is 0 Å². The quantitative estimate of drug-likeness (QED) is 0.376. The van der Waals surface area contributed by atoms with E-state index >= 15 is 0 Å². The Morgan fingerprint density at radius 3 is 1.57 bits per heavy atom. The fourth-order valence-corrected chi connectivity index (χ4v) is 4.84. The lowest BCUT2D eigenvalue weighted by Gasteiger charge is -2.02. The highest BCUT2D eigenvalue weighted by Gasteiger charge is 2.11. The number of benzene rings is 2. The van der Waals surface area contributed by atoms with Crippen LogP contribution in [0.5, 0.6) is 0 Å². The number of thiophene rings is 1. The van der Waals surface area contributed by atoms with Crippen LogP contribution in [0.2, 0.25) is 0 Å². The molecule has 2 aromatic carbocycles. The van der Waals surface area contributed by atoms with Crippen LogP contribution in [0, 0.1) is 0 Å². The molecule has 0 nitrogen and oxygen atoms in total. The molecule has 0 atom stereocenters. The summed E-state index contributed by atoms with van der Waals surface area (Å²) >= 11 is 2.03. The van der Waals surface area contributed by atoms with Crippen molar-refractivity contribution in [3.05, 3.63) is 47.5 Å². The van der Waals surface area contributed by atoms with Crippen LogP contribution in [-0.4, -0.2) is 0 Å². The lowest BCUT2D eigenvalue weighted by molar-refractivity contribution is 0.720. The molecular formula is C22H28S. The molecule has 0 bridgehead atoms. The second kappa shape index (κ2) is 7.97. The molecule has 0 saturated heterocycles. The van der Waals surface area contributed by atoms with Crippen LogP contribution in [0.1, 0.15) is 63.5 Å². The maximum Gasteiger partial charge on any atom is 0.0387 e. The standard InChI is InChI=1S/C22H28S/c1-3-5-7-11-17-13-9-15-19-20-16-10-14-18(12-8-6-4-2)22(20)23-21(17)19/h9-10,13-16H,3-8,11-12H2,1-2H3. The third-order valence-electron chi connectivity index (χ3n) is 4.79. The Kier molecular flexibility index (Phi) is 5.72. The molecule has 0 fully saturated rings. The highest BCUT2D eigenvalue weighted by Crippen LogP contribution is 2.38. The molecule has 3 aromatic rings. The second-order valence-corrected chi connectivity index (χ2v) is 7.62. The predicted octanol–water partition coefficient (Wildman–Crippen LogP) is 7.52. The van der Waals surface area contributed by atoms with Gasteiger partial charge < -0.3 is 0 Å². The smallest absolute Gasteiger partial charge is 0.0387 e. The van der Waals surface area contributed by atoms with Gasteiger partial charge in [-0.25, -0.2) is 0 Å². The Balaban J connectivity index is 1.99. The third kappa shape index (κ3) is 3.61. The van der Waals surface area contributed by atoms with Crippen molar-refractivity contribution in [2.24, 2.45) is 0 Å². The number of aryl methyl sites for hydroxylation is 2. The molecule has 23 heavy (non-hydrogen) atoms. The van der Waals surface area contributed by atoms with E-state index in [1.807, 2.05) is 11.3 Å². The van der Waals surface area contributed by atoms with E-state index in [4.69, 9.17) is 0 Å². The van der Waals surface area contributed by atoms with E-state index in [1.54, 1.807) is 11.1 Å². The summed E-state index contributed by atoms with van der Waals surface area (Å²) in [4.78, 5) is 0. The van der Waals surface area contributed by atoms with Crippen molar-refractivity contribution in [2.75, 3.05) is 0 Å². The molecule has 0 radical (unpaired) electrons. The molecule has 1 heterocycles. The molecule has 0 saturated carbocycles. The Labute approximate surface area is 144 Å². The Morgan fingerprint density at radius 1 is 0.652 bits per heavy atom. The van der Waals surface area contributed by atoms with Gasteiger partial charge in [-0.15, -0.1) is 11.3 Å². The molecule has 0 spiro atoms. The first-order chi connectivity index (χ1) is 11.3. The van der Waals surface area contributed by atoms with Crippen molar-refractivity contribution in [3.63, 3.8) is 0 Å². The van der Waals surface area contributed by atoms with Crippen LogP contribution in [0.25, 0.3) is 20.2 Å². The molecule has 3 rings (SSSR count). The minimum atomic E-state index is 1.23. The predicted molar refractivity (Wildman–Crippen MR) is 106 cm³/mol. The summed E-state index contributed by atoms with van der Waals surface area (Å²) in [6.45, 7) is 4.56. The molecule has 0 aliphatic carbocycles. The van der Waals surface area contributed by atoms with Gasteiger partial charge in [0.25, 0.3) is 0 Å². The normalized spacial score (nSPS) is 11.6. The SMILES string of the molecule is CCCCCc1cccc2c1sc1c(CCCCC)cccc12. The van der Waals surface area contributed by atoms with Crippen molar-refractivity contribution in [1.82, 2.24) is 0 Å². The van der Waals surface area contributed by atoms with Gasteiger partial charge in [0.15, 0.2) is 0 Å². The van der Waals surface area contributed by atoms with Gasteiger partial charge >= 0.3 is 0 Å². The lowest BCUT2D eigenvalue weighted by atomic mass is 10.0. The second-order valence-electron chi connectivity index (χ2n) is 6.60. The average molecular weight is 325 g/mol. The van der Waals surface area contributed by atoms with E-state index in [9.17, 15) is 0 Å². The molecule has 0 N–H and O–H groups in total. The molecule has 0 aliphatic heterocycles. The first kappa shape index (κ1) is 16.5. The van der Waals surface area contributed by atoms with E-state index in [2.05, 4.69) is 50.2 Å². The van der Waals surface area contributed by atoms with E-state index in [-0.39, 0.29) is 0 Å². The summed E-state index contributed by atoms with van der Waals surface area (Å²) < 4.78 is 3.06. The van der Waals surface area contributed by atoms with Gasteiger partial charge in [0.2, 0.25) is 0 Å². The summed E-state index contributed by atoms with van der Waals surface area (Å²) in [6.07, 6.45) is 10.3. The van der Waals surface area contributed by atoms with Gasteiger partial charge in [0, 0.05) is 20.2 Å². The number of fused-ring (bicyclic) bond motifs is 3. The van der Waals surface area contributed by atoms with Crippen LogP contribution in [0.3, 0.4) is 0 Å². The number of rotatable bonds is 8. The van der Waals surface area contributed by atoms with E-state index < -0.39 is 0 Å². The maximum absolute atomic E-state index is 2.34. The van der Waals surface area contributed by atoms with Gasteiger partial charge in [-0.05, 0) is 36.8 Å². The molecule has 0 aliphatic rings. The van der Waals surface area contributed by atoms with Crippen LogP contribution in [0.4, 0.5) is 0 Å². The Bertz CT molecular complexity index is 702. The first-order valence-corrected chi connectivity index (χ1v) is 10.1. The van der Waals surface area contributed by atoms with Gasteiger partial charge in [-0.1, -0.05) is 75.9 Å². The van der Waals surface area contributed by atoms with Crippen LogP contribution in [0.15, 0.2) is 36.4 Å². The fraction of sp³-hybridized carbons (Fsp3) is 0.455. The lowest BCUT2D eigenvalue weighted by Crippen LogP contribution is -1.85. The van der Waals surface area contributed by atoms with E-state index in [0.29, 0.717) is 0 Å². The zero-order chi connectivity index (χ0) is 16.1. The minimum absolute atomic E-state index is 1.23. The number of unbranched alkanes of at least 4 members (excludes halogenated alkanes) is 4. The molecule has 122 valence electrons. The summed E-state index contributed by atoms with van der Waals surface area (Å²) in [5.41, 5.74) is 3.10.